The summed E-state index contributed by atoms with van der Waals surface area (Å²) < 4.78 is 0. The Hall–Kier alpha value is -0.520. The molecular formula is C14H24N2. The fourth-order valence-corrected chi connectivity index (χ4v) is 2.80. The van der Waals surface area contributed by atoms with E-state index in [1.165, 1.54) is 45.2 Å². The van der Waals surface area contributed by atoms with Gasteiger partial charge in [-0.15, -0.1) is 11.8 Å². The third-order valence-electron chi connectivity index (χ3n) is 3.76. The van der Waals surface area contributed by atoms with E-state index in [-0.39, 0.29) is 0 Å². The summed E-state index contributed by atoms with van der Waals surface area (Å²) in [5, 5.41) is 3.80. The molecular weight excluding hydrogens is 196 g/mol. The van der Waals surface area contributed by atoms with Gasteiger partial charge in [0.2, 0.25) is 0 Å². The second-order valence-electron chi connectivity index (χ2n) is 5.13. The zero-order chi connectivity index (χ0) is 11.2. The monoisotopic (exact) mass is 220 g/mol. The Morgan fingerprint density at radius 1 is 1.12 bits per heavy atom. The van der Waals surface area contributed by atoms with Gasteiger partial charge in [-0.3, -0.25) is 4.90 Å². The predicted molar refractivity (Wildman–Crippen MR) is 68.3 cm³/mol. The quantitative estimate of drug-likeness (QED) is 0.729. The molecule has 16 heavy (non-hydrogen) atoms. The zero-order valence-corrected chi connectivity index (χ0v) is 10.5. The second kappa shape index (κ2) is 6.27. The van der Waals surface area contributed by atoms with Crippen molar-refractivity contribution in [2.75, 3.05) is 19.6 Å². The molecule has 0 radical (unpaired) electrons. The summed E-state index contributed by atoms with van der Waals surface area (Å²) in [6.07, 6.45) is 8.15. The summed E-state index contributed by atoms with van der Waals surface area (Å²) in [6.45, 7) is 5.55. The zero-order valence-electron chi connectivity index (χ0n) is 10.5. The molecule has 0 amide bonds. The average Bonchev–Trinajstić information content (AvgIpc) is 2.27. The topological polar surface area (TPSA) is 15.3 Å². The minimum atomic E-state index is 0.762. The minimum Gasteiger partial charge on any atom is -0.309 e. The molecule has 2 nitrogen and oxygen atoms in total. The molecule has 1 aliphatic heterocycles. The minimum absolute atomic E-state index is 0.762. The van der Waals surface area contributed by atoms with Gasteiger partial charge < -0.3 is 5.32 Å². The number of hydrogen-bond donors (Lipinski definition) is 1. The molecule has 0 unspecified atom stereocenters. The Morgan fingerprint density at radius 2 is 1.88 bits per heavy atom. The van der Waals surface area contributed by atoms with Crippen LogP contribution in [0, 0.1) is 11.8 Å². The molecule has 1 saturated carbocycles. The standard InChI is InChI=1S/C14H24N2/c1-2-3-7-10-16-11-14(12-16)15-13-8-5-4-6-9-13/h13-15H,4-12H2,1H3. The first-order valence-electron chi connectivity index (χ1n) is 6.76. The van der Waals surface area contributed by atoms with Gasteiger partial charge in [0.25, 0.3) is 0 Å². The van der Waals surface area contributed by atoms with Crippen LogP contribution in [0.5, 0.6) is 0 Å². The molecule has 0 aromatic rings. The van der Waals surface area contributed by atoms with E-state index in [4.69, 9.17) is 0 Å². The van der Waals surface area contributed by atoms with E-state index < -0.39 is 0 Å². The molecule has 1 aliphatic carbocycles. The number of hydrogen-bond acceptors (Lipinski definition) is 2. The van der Waals surface area contributed by atoms with Crippen molar-refractivity contribution in [2.45, 2.75) is 57.5 Å². The van der Waals surface area contributed by atoms with Crippen molar-refractivity contribution in [3.05, 3.63) is 0 Å². The van der Waals surface area contributed by atoms with Gasteiger partial charge in [-0.25, -0.2) is 0 Å². The van der Waals surface area contributed by atoms with Gasteiger partial charge in [0.15, 0.2) is 0 Å². The molecule has 90 valence electrons. The van der Waals surface area contributed by atoms with Crippen LogP contribution >= 0.6 is 0 Å². The lowest BCUT2D eigenvalue weighted by Gasteiger charge is -2.42. The van der Waals surface area contributed by atoms with Gasteiger partial charge in [-0.2, -0.15) is 0 Å². The van der Waals surface area contributed by atoms with Crippen LogP contribution in [-0.4, -0.2) is 36.6 Å². The lowest BCUT2D eigenvalue weighted by molar-refractivity contribution is 0.115. The highest BCUT2D eigenvalue weighted by atomic mass is 15.2. The predicted octanol–water partition coefficient (Wildman–Crippen LogP) is 2.01. The van der Waals surface area contributed by atoms with Crippen molar-refractivity contribution in [1.82, 2.24) is 10.2 Å². The van der Waals surface area contributed by atoms with Crippen molar-refractivity contribution >= 4 is 0 Å². The SMILES string of the molecule is CC#CCCN1CC(NC2CCCCC2)C1. The van der Waals surface area contributed by atoms with E-state index in [0.29, 0.717) is 0 Å². The Balaban J connectivity index is 1.55. The van der Waals surface area contributed by atoms with Crippen LogP contribution in [-0.2, 0) is 0 Å². The van der Waals surface area contributed by atoms with E-state index in [1.807, 2.05) is 6.92 Å². The third kappa shape index (κ3) is 3.50. The lowest BCUT2D eigenvalue weighted by Crippen LogP contribution is -2.60. The van der Waals surface area contributed by atoms with E-state index in [2.05, 4.69) is 22.1 Å². The highest BCUT2D eigenvalue weighted by Crippen LogP contribution is 2.19. The summed E-state index contributed by atoms with van der Waals surface area (Å²) in [5.74, 6) is 6.09. The van der Waals surface area contributed by atoms with Gasteiger partial charge in [0, 0.05) is 38.1 Å². The number of nitrogens with zero attached hydrogens (tertiary/aromatic N) is 1. The Bertz CT molecular complexity index is 252. The van der Waals surface area contributed by atoms with Crippen LogP contribution in [0.25, 0.3) is 0 Å². The molecule has 0 atom stereocenters. The Labute approximate surface area is 99.8 Å². The fraction of sp³-hybridized carbons (Fsp3) is 0.857. The van der Waals surface area contributed by atoms with E-state index in [1.54, 1.807) is 0 Å². The van der Waals surface area contributed by atoms with Crippen molar-refractivity contribution in [1.29, 1.82) is 0 Å². The fourth-order valence-electron chi connectivity index (χ4n) is 2.80. The van der Waals surface area contributed by atoms with Crippen molar-refractivity contribution < 1.29 is 0 Å². The smallest absolute Gasteiger partial charge is 0.0325 e. The van der Waals surface area contributed by atoms with Gasteiger partial charge in [-0.1, -0.05) is 19.3 Å². The first kappa shape index (κ1) is 12.0. The van der Waals surface area contributed by atoms with Crippen LogP contribution in [0.2, 0.25) is 0 Å². The maximum Gasteiger partial charge on any atom is 0.0325 e. The number of rotatable bonds is 4. The van der Waals surface area contributed by atoms with Crippen molar-refractivity contribution in [3.8, 4) is 11.8 Å². The van der Waals surface area contributed by atoms with Crippen molar-refractivity contribution in [2.24, 2.45) is 0 Å². The molecule has 0 spiro atoms. The largest absolute Gasteiger partial charge is 0.309 e. The second-order valence-corrected chi connectivity index (χ2v) is 5.13. The molecule has 2 heteroatoms. The Kier molecular flexibility index (Phi) is 4.69. The van der Waals surface area contributed by atoms with Crippen LogP contribution in [0.3, 0.4) is 0 Å². The molecule has 2 fully saturated rings. The van der Waals surface area contributed by atoms with Gasteiger partial charge >= 0.3 is 0 Å². The molecule has 1 heterocycles. The summed E-state index contributed by atoms with van der Waals surface area (Å²) in [7, 11) is 0. The van der Waals surface area contributed by atoms with E-state index >= 15 is 0 Å². The molecule has 0 aromatic carbocycles. The van der Waals surface area contributed by atoms with Crippen LogP contribution in [0.1, 0.15) is 45.4 Å². The normalized spacial score (nSPS) is 23.6. The molecule has 1 N–H and O–H groups in total. The van der Waals surface area contributed by atoms with Gasteiger partial charge in [0.1, 0.15) is 0 Å². The lowest BCUT2D eigenvalue weighted by atomic mass is 9.94. The maximum absolute atomic E-state index is 3.80. The number of nitrogens with one attached hydrogen (secondary N) is 1. The van der Waals surface area contributed by atoms with Crippen molar-refractivity contribution in [3.63, 3.8) is 0 Å². The summed E-state index contributed by atoms with van der Waals surface area (Å²) in [5.41, 5.74) is 0. The number of likely N-dealkylation sites (tertiary alicyclic amines) is 1. The average molecular weight is 220 g/mol. The van der Waals surface area contributed by atoms with E-state index in [9.17, 15) is 0 Å². The Morgan fingerprint density at radius 3 is 2.56 bits per heavy atom. The molecule has 1 saturated heterocycles. The van der Waals surface area contributed by atoms with Crippen LogP contribution in [0.4, 0.5) is 0 Å². The summed E-state index contributed by atoms with van der Waals surface area (Å²) in [6, 6.07) is 1.58. The summed E-state index contributed by atoms with van der Waals surface area (Å²) in [4.78, 5) is 2.50. The highest BCUT2D eigenvalue weighted by Gasteiger charge is 2.28. The summed E-state index contributed by atoms with van der Waals surface area (Å²) >= 11 is 0. The first-order chi connectivity index (χ1) is 7.88. The maximum atomic E-state index is 3.80. The molecule has 0 aromatic heterocycles. The van der Waals surface area contributed by atoms with Gasteiger partial charge in [0.05, 0.1) is 0 Å². The molecule has 2 rings (SSSR count). The van der Waals surface area contributed by atoms with E-state index in [0.717, 1.165) is 25.0 Å². The first-order valence-corrected chi connectivity index (χ1v) is 6.76. The molecule has 0 bridgehead atoms. The molecule has 2 aliphatic rings. The van der Waals surface area contributed by atoms with Gasteiger partial charge in [-0.05, 0) is 19.8 Å². The third-order valence-corrected chi connectivity index (χ3v) is 3.76. The van der Waals surface area contributed by atoms with Crippen LogP contribution < -0.4 is 5.32 Å². The van der Waals surface area contributed by atoms with Crippen LogP contribution in [0.15, 0.2) is 0 Å². The highest BCUT2D eigenvalue weighted by molar-refractivity contribution is 4.97.